The van der Waals surface area contributed by atoms with Gasteiger partial charge in [0.2, 0.25) is 0 Å². The second kappa shape index (κ2) is 7.75. The van der Waals surface area contributed by atoms with Crippen LogP contribution in [0.4, 0.5) is 4.79 Å². The van der Waals surface area contributed by atoms with Gasteiger partial charge in [0, 0.05) is 11.4 Å². The third-order valence-electron chi connectivity index (χ3n) is 2.70. The Morgan fingerprint density at radius 3 is 2.39 bits per heavy atom. The zero-order valence-electron chi connectivity index (χ0n) is 13.3. The first-order chi connectivity index (χ1) is 10.5. The van der Waals surface area contributed by atoms with Gasteiger partial charge in [-0.05, 0) is 38.5 Å². The topological polar surface area (TPSA) is 84.9 Å². The molecule has 1 unspecified atom stereocenters. The number of carboxylic acids is 1. The third-order valence-corrected chi connectivity index (χ3v) is 3.20. The van der Waals surface area contributed by atoms with Crippen LogP contribution in [0.2, 0.25) is 10.0 Å². The molecule has 0 fully saturated rings. The van der Waals surface area contributed by atoms with E-state index in [0.29, 0.717) is 16.3 Å². The average molecular weight is 364 g/mol. The van der Waals surface area contributed by atoms with Crippen LogP contribution in [0.15, 0.2) is 12.1 Å². The number of rotatable bonds is 5. The van der Waals surface area contributed by atoms with Crippen molar-refractivity contribution in [1.29, 1.82) is 0 Å². The molecular formula is C15H19Cl2NO5. The van der Waals surface area contributed by atoms with Crippen molar-refractivity contribution in [3.05, 3.63) is 27.7 Å². The summed E-state index contributed by atoms with van der Waals surface area (Å²) in [5.74, 6) is -0.901. The molecule has 1 amide bonds. The maximum Gasteiger partial charge on any atom is 0.408 e. The zero-order valence-corrected chi connectivity index (χ0v) is 14.8. The fourth-order valence-electron chi connectivity index (χ4n) is 1.86. The molecule has 1 aromatic carbocycles. The van der Waals surface area contributed by atoms with Crippen molar-refractivity contribution in [3.8, 4) is 5.75 Å². The Morgan fingerprint density at radius 1 is 1.30 bits per heavy atom. The molecule has 2 N–H and O–H groups in total. The van der Waals surface area contributed by atoms with Gasteiger partial charge >= 0.3 is 12.1 Å². The normalized spacial score (nSPS) is 12.4. The lowest BCUT2D eigenvalue weighted by Crippen LogP contribution is -2.44. The number of benzene rings is 1. The molecule has 0 aliphatic rings. The number of alkyl carbamates (subject to hydrolysis) is 1. The maximum atomic E-state index is 11.8. The Kier molecular flexibility index (Phi) is 6.53. The van der Waals surface area contributed by atoms with Gasteiger partial charge in [-0.2, -0.15) is 0 Å². The van der Waals surface area contributed by atoms with Crippen molar-refractivity contribution in [2.45, 2.75) is 38.8 Å². The third kappa shape index (κ3) is 6.15. The summed E-state index contributed by atoms with van der Waals surface area (Å²) >= 11 is 12.0. The van der Waals surface area contributed by atoms with E-state index in [2.05, 4.69) is 5.32 Å². The number of carboxylic acid groups (broad SMARTS) is 1. The van der Waals surface area contributed by atoms with Crippen LogP contribution < -0.4 is 10.1 Å². The van der Waals surface area contributed by atoms with Crippen LogP contribution in [0, 0.1) is 0 Å². The molecule has 128 valence electrons. The minimum atomic E-state index is -1.21. The fourth-order valence-corrected chi connectivity index (χ4v) is 2.48. The number of methoxy groups -OCH3 is 1. The number of hydrogen-bond donors (Lipinski definition) is 2. The van der Waals surface area contributed by atoms with Crippen LogP contribution >= 0.6 is 23.2 Å². The summed E-state index contributed by atoms with van der Waals surface area (Å²) in [5.41, 5.74) is -0.266. The number of aliphatic carboxylic acids is 1. The molecule has 0 aliphatic heterocycles. The minimum absolute atomic E-state index is 0.0575. The van der Waals surface area contributed by atoms with Gasteiger partial charge in [-0.15, -0.1) is 0 Å². The van der Waals surface area contributed by atoms with Crippen molar-refractivity contribution in [2.75, 3.05) is 7.11 Å². The van der Waals surface area contributed by atoms with Crippen molar-refractivity contribution in [2.24, 2.45) is 0 Å². The highest BCUT2D eigenvalue weighted by Gasteiger charge is 2.26. The molecule has 0 spiro atoms. The first-order valence-electron chi connectivity index (χ1n) is 6.77. The molecular weight excluding hydrogens is 345 g/mol. The highest BCUT2D eigenvalue weighted by atomic mass is 35.5. The van der Waals surface area contributed by atoms with E-state index in [9.17, 15) is 14.7 Å². The van der Waals surface area contributed by atoms with Gasteiger partial charge in [-0.3, -0.25) is 0 Å². The summed E-state index contributed by atoms with van der Waals surface area (Å²) < 4.78 is 10.2. The predicted octanol–water partition coefficient (Wildman–Crippen LogP) is 3.52. The molecule has 0 aliphatic carbocycles. The average Bonchev–Trinajstić information content (AvgIpc) is 2.34. The van der Waals surface area contributed by atoms with Crippen molar-refractivity contribution in [3.63, 3.8) is 0 Å². The smallest absolute Gasteiger partial charge is 0.408 e. The van der Waals surface area contributed by atoms with E-state index in [4.69, 9.17) is 32.7 Å². The summed E-state index contributed by atoms with van der Waals surface area (Å²) in [6, 6.07) is 1.81. The largest absolute Gasteiger partial charge is 0.495 e. The quantitative estimate of drug-likeness (QED) is 0.835. The molecule has 0 saturated heterocycles. The van der Waals surface area contributed by atoms with Crippen LogP contribution in [0.25, 0.3) is 0 Å². The number of nitrogens with one attached hydrogen (secondary N) is 1. The van der Waals surface area contributed by atoms with Crippen LogP contribution in [0.1, 0.15) is 26.3 Å². The zero-order chi connectivity index (χ0) is 17.8. The van der Waals surface area contributed by atoms with Crippen molar-refractivity contribution >= 4 is 35.3 Å². The van der Waals surface area contributed by atoms with Crippen LogP contribution in [0.5, 0.6) is 5.75 Å². The highest BCUT2D eigenvalue weighted by molar-refractivity contribution is 6.35. The number of amides is 1. The lowest BCUT2D eigenvalue weighted by Gasteiger charge is -2.22. The Labute approximate surface area is 144 Å². The summed E-state index contributed by atoms with van der Waals surface area (Å²) in [6.45, 7) is 5.05. The Bertz CT molecular complexity index is 598. The van der Waals surface area contributed by atoms with E-state index >= 15 is 0 Å². The van der Waals surface area contributed by atoms with E-state index in [0.717, 1.165) is 0 Å². The first-order valence-corrected chi connectivity index (χ1v) is 7.53. The van der Waals surface area contributed by atoms with Gasteiger partial charge in [-0.1, -0.05) is 23.2 Å². The second-order valence-corrected chi connectivity index (χ2v) is 6.66. The standard InChI is InChI=1S/C15H19Cl2NO5/c1-15(2,3)23-14(21)18-11(13(19)20)6-8-5-9(16)7-10(17)12(8)22-4/h5,7,11H,6H2,1-4H3,(H,18,21)(H,19,20). The molecule has 1 rings (SSSR count). The Hall–Kier alpha value is -1.66. The van der Waals surface area contributed by atoms with Gasteiger partial charge in [0.25, 0.3) is 0 Å². The van der Waals surface area contributed by atoms with Crippen molar-refractivity contribution in [1.82, 2.24) is 5.32 Å². The van der Waals surface area contributed by atoms with E-state index in [1.165, 1.54) is 13.2 Å². The number of hydrogen-bond acceptors (Lipinski definition) is 4. The summed E-state index contributed by atoms with van der Waals surface area (Å²) in [6.07, 6.45) is -0.880. The molecule has 23 heavy (non-hydrogen) atoms. The molecule has 0 saturated carbocycles. The number of ether oxygens (including phenoxy) is 2. The van der Waals surface area contributed by atoms with Gasteiger partial charge in [-0.25, -0.2) is 9.59 Å². The fraction of sp³-hybridized carbons (Fsp3) is 0.467. The van der Waals surface area contributed by atoms with Gasteiger partial charge in [0.05, 0.1) is 12.1 Å². The van der Waals surface area contributed by atoms with Gasteiger partial charge in [0.1, 0.15) is 17.4 Å². The second-order valence-electron chi connectivity index (χ2n) is 5.82. The SMILES string of the molecule is COc1c(Cl)cc(Cl)cc1CC(NC(=O)OC(C)(C)C)C(=O)O. The lowest BCUT2D eigenvalue weighted by atomic mass is 10.0. The predicted molar refractivity (Wildman–Crippen MR) is 87.5 cm³/mol. The van der Waals surface area contributed by atoms with Crippen LogP contribution in [-0.2, 0) is 16.0 Å². The summed E-state index contributed by atoms with van der Waals surface area (Å²) in [7, 11) is 1.41. The lowest BCUT2D eigenvalue weighted by molar-refractivity contribution is -0.139. The van der Waals surface area contributed by atoms with Gasteiger partial charge in [0.15, 0.2) is 0 Å². The molecule has 0 heterocycles. The monoisotopic (exact) mass is 363 g/mol. The van der Waals surface area contributed by atoms with E-state index in [-0.39, 0.29) is 11.4 Å². The molecule has 1 atom stereocenters. The Balaban J connectivity index is 2.97. The number of carbonyl (C=O) groups excluding carboxylic acids is 1. The van der Waals surface area contributed by atoms with E-state index < -0.39 is 23.7 Å². The summed E-state index contributed by atoms with van der Waals surface area (Å²) in [5, 5.41) is 12.2. The van der Waals surface area contributed by atoms with E-state index in [1.807, 2.05) is 0 Å². The number of halogens is 2. The van der Waals surface area contributed by atoms with Crippen LogP contribution in [0.3, 0.4) is 0 Å². The van der Waals surface area contributed by atoms with Gasteiger partial charge < -0.3 is 19.9 Å². The first kappa shape index (κ1) is 19.4. The molecule has 0 radical (unpaired) electrons. The molecule has 0 aromatic heterocycles. The minimum Gasteiger partial charge on any atom is -0.495 e. The van der Waals surface area contributed by atoms with Crippen LogP contribution in [-0.4, -0.2) is 35.9 Å². The maximum absolute atomic E-state index is 11.8. The van der Waals surface area contributed by atoms with E-state index in [1.54, 1.807) is 26.8 Å². The van der Waals surface area contributed by atoms with Crippen molar-refractivity contribution < 1.29 is 24.2 Å². The highest BCUT2D eigenvalue weighted by Crippen LogP contribution is 2.33. The summed E-state index contributed by atoms with van der Waals surface area (Å²) in [4.78, 5) is 23.2. The molecule has 1 aromatic rings. The number of carbonyl (C=O) groups is 2. The molecule has 0 bridgehead atoms. The molecule has 6 nitrogen and oxygen atoms in total. The Morgan fingerprint density at radius 2 is 1.91 bits per heavy atom. The molecule has 8 heteroatoms.